The lowest BCUT2D eigenvalue weighted by molar-refractivity contribution is 0.360. The number of hydrogen-bond donors (Lipinski definition) is 2. The van der Waals surface area contributed by atoms with E-state index < -0.39 is 0 Å². The van der Waals surface area contributed by atoms with Gasteiger partial charge in [-0.25, -0.2) is 0 Å². The highest BCUT2D eigenvalue weighted by atomic mass is 32.2. The van der Waals surface area contributed by atoms with Gasteiger partial charge in [-0.05, 0) is 43.2 Å². The first-order valence-corrected chi connectivity index (χ1v) is 8.99. The highest BCUT2D eigenvalue weighted by Gasteiger charge is 2.31. The van der Waals surface area contributed by atoms with Crippen molar-refractivity contribution in [2.24, 2.45) is 0 Å². The topological polar surface area (TPSA) is 32.3 Å². The Morgan fingerprint density at radius 3 is 2.40 bits per heavy atom. The molecule has 2 rings (SSSR count). The Bertz CT molecular complexity index is 398. The van der Waals surface area contributed by atoms with Gasteiger partial charge in [0.05, 0.1) is 0 Å². The molecule has 1 fully saturated rings. The van der Waals surface area contributed by atoms with Crippen LogP contribution in [0.15, 0.2) is 24.3 Å². The van der Waals surface area contributed by atoms with Crippen LogP contribution in [0.1, 0.15) is 57.1 Å². The van der Waals surface area contributed by atoms with E-state index in [4.69, 9.17) is 0 Å². The van der Waals surface area contributed by atoms with E-state index >= 15 is 0 Å². The van der Waals surface area contributed by atoms with E-state index in [-0.39, 0.29) is 0 Å². The van der Waals surface area contributed by atoms with Gasteiger partial charge in [-0.3, -0.25) is 0 Å². The summed E-state index contributed by atoms with van der Waals surface area (Å²) in [6.07, 6.45) is 10.2. The number of thioether (sulfide) groups is 1. The van der Waals surface area contributed by atoms with Crippen LogP contribution in [0.3, 0.4) is 0 Å². The summed E-state index contributed by atoms with van der Waals surface area (Å²) in [6.45, 7) is 3.31. The van der Waals surface area contributed by atoms with E-state index in [0.717, 1.165) is 13.0 Å². The van der Waals surface area contributed by atoms with Gasteiger partial charge >= 0.3 is 0 Å². The fourth-order valence-corrected chi connectivity index (χ4v) is 4.09. The summed E-state index contributed by atoms with van der Waals surface area (Å²) in [5.41, 5.74) is 1.28. The van der Waals surface area contributed by atoms with Crippen molar-refractivity contribution < 1.29 is 5.11 Å². The van der Waals surface area contributed by atoms with Crippen molar-refractivity contribution in [3.8, 4) is 5.75 Å². The van der Waals surface area contributed by atoms with Crippen LogP contribution < -0.4 is 5.32 Å². The zero-order valence-electron chi connectivity index (χ0n) is 12.7. The van der Waals surface area contributed by atoms with Crippen molar-refractivity contribution in [3.63, 3.8) is 0 Å². The van der Waals surface area contributed by atoms with Crippen LogP contribution in [0.2, 0.25) is 0 Å². The average molecular weight is 293 g/mol. The fourth-order valence-electron chi connectivity index (χ4n) is 3.16. The number of nitrogens with one attached hydrogen (secondary N) is 1. The van der Waals surface area contributed by atoms with E-state index in [9.17, 15) is 5.11 Å². The van der Waals surface area contributed by atoms with Crippen LogP contribution in [0, 0.1) is 0 Å². The molecule has 2 nitrogen and oxygen atoms in total. The third-order valence-corrected chi connectivity index (χ3v) is 5.99. The first-order valence-electron chi connectivity index (χ1n) is 7.76. The third kappa shape index (κ3) is 3.92. The lowest BCUT2D eigenvalue weighted by Gasteiger charge is -2.37. The van der Waals surface area contributed by atoms with Crippen LogP contribution in [0.25, 0.3) is 0 Å². The van der Waals surface area contributed by atoms with Gasteiger partial charge in [0, 0.05) is 17.3 Å². The lowest BCUT2D eigenvalue weighted by Crippen LogP contribution is -2.40. The summed E-state index contributed by atoms with van der Waals surface area (Å²) in [7, 11) is 0. The Morgan fingerprint density at radius 2 is 1.85 bits per heavy atom. The molecule has 1 aliphatic carbocycles. The van der Waals surface area contributed by atoms with Crippen LogP contribution in [-0.4, -0.2) is 22.7 Å². The maximum Gasteiger partial charge on any atom is 0.115 e. The second kappa shape index (κ2) is 7.37. The summed E-state index contributed by atoms with van der Waals surface area (Å²) in [6, 6.07) is 8.02. The van der Waals surface area contributed by atoms with Gasteiger partial charge in [-0.2, -0.15) is 11.8 Å². The van der Waals surface area contributed by atoms with Crippen molar-refractivity contribution in [2.75, 3.05) is 12.8 Å². The molecule has 0 saturated heterocycles. The van der Waals surface area contributed by atoms with Gasteiger partial charge in [0.2, 0.25) is 0 Å². The van der Waals surface area contributed by atoms with Crippen molar-refractivity contribution >= 4 is 11.8 Å². The second-order valence-corrected chi connectivity index (χ2v) is 7.16. The minimum atomic E-state index is 0.344. The summed E-state index contributed by atoms with van der Waals surface area (Å²) in [5, 5.41) is 13.2. The van der Waals surface area contributed by atoms with Crippen LogP contribution in [0.4, 0.5) is 0 Å². The molecule has 20 heavy (non-hydrogen) atoms. The Hall–Kier alpha value is -0.670. The predicted molar refractivity (Wildman–Crippen MR) is 88.5 cm³/mol. The molecule has 0 bridgehead atoms. The smallest absolute Gasteiger partial charge is 0.115 e. The number of benzene rings is 1. The summed E-state index contributed by atoms with van der Waals surface area (Å²) in [4.78, 5) is 0. The van der Waals surface area contributed by atoms with Gasteiger partial charge in [-0.15, -0.1) is 0 Å². The van der Waals surface area contributed by atoms with E-state index in [2.05, 4.69) is 18.5 Å². The normalized spacial score (nSPS) is 19.7. The molecule has 2 N–H and O–H groups in total. The molecule has 0 radical (unpaired) electrons. The number of phenols is 1. The summed E-state index contributed by atoms with van der Waals surface area (Å²) >= 11 is 2.04. The molecular formula is C17H27NOS. The van der Waals surface area contributed by atoms with Crippen LogP contribution in [-0.2, 0) is 0 Å². The van der Waals surface area contributed by atoms with Gasteiger partial charge in [-0.1, -0.05) is 38.3 Å². The molecule has 3 heteroatoms. The van der Waals surface area contributed by atoms with Crippen molar-refractivity contribution in [3.05, 3.63) is 29.8 Å². The molecular weight excluding hydrogens is 266 g/mol. The van der Waals surface area contributed by atoms with Gasteiger partial charge in [0.1, 0.15) is 5.75 Å². The SMILES string of the molecule is CCC(NCC1(SC)CCCCC1)c1ccc(O)cc1. The van der Waals surface area contributed by atoms with Crippen LogP contribution in [0.5, 0.6) is 5.75 Å². The maximum absolute atomic E-state index is 9.40. The number of aromatic hydroxyl groups is 1. The number of hydrogen-bond acceptors (Lipinski definition) is 3. The zero-order valence-corrected chi connectivity index (χ0v) is 13.5. The fraction of sp³-hybridized carbons (Fsp3) is 0.647. The Balaban J connectivity index is 1.97. The predicted octanol–water partition coefficient (Wildman–Crippen LogP) is 4.50. The maximum atomic E-state index is 9.40. The summed E-state index contributed by atoms with van der Waals surface area (Å²) < 4.78 is 0.433. The molecule has 112 valence electrons. The second-order valence-electron chi connectivity index (χ2n) is 5.88. The van der Waals surface area contributed by atoms with E-state index in [1.807, 2.05) is 23.9 Å². The molecule has 1 aromatic rings. The minimum Gasteiger partial charge on any atom is -0.508 e. The van der Waals surface area contributed by atoms with Gasteiger partial charge in [0.25, 0.3) is 0 Å². The van der Waals surface area contributed by atoms with Gasteiger partial charge < -0.3 is 10.4 Å². The van der Waals surface area contributed by atoms with Crippen molar-refractivity contribution in [1.82, 2.24) is 5.32 Å². The number of rotatable bonds is 6. The lowest BCUT2D eigenvalue weighted by atomic mass is 9.87. The van der Waals surface area contributed by atoms with Crippen LogP contribution >= 0.6 is 11.8 Å². The van der Waals surface area contributed by atoms with E-state index in [1.54, 1.807) is 12.1 Å². The Morgan fingerprint density at radius 1 is 1.20 bits per heavy atom. The zero-order chi connectivity index (χ0) is 14.4. The first-order chi connectivity index (χ1) is 9.69. The standard InChI is InChI=1S/C17H27NOS/c1-3-16(14-7-9-15(19)10-8-14)18-13-17(20-2)11-5-4-6-12-17/h7-10,16,18-19H,3-6,11-13H2,1-2H3. The van der Waals surface area contributed by atoms with Crippen molar-refractivity contribution in [2.45, 2.75) is 56.2 Å². The largest absolute Gasteiger partial charge is 0.508 e. The first kappa shape index (κ1) is 15.7. The highest BCUT2D eigenvalue weighted by Crippen LogP contribution is 2.38. The molecule has 1 aromatic carbocycles. The Labute approximate surface area is 127 Å². The quantitative estimate of drug-likeness (QED) is 0.810. The minimum absolute atomic E-state index is 0.344. The average Bonchev–Trinajstić information content (AvgIpc) is 2.50. The molecule has 0 aliphatic heterocycles. The molecule has 1 aliphatic rings. The molecule has 0 spiro atoms. The van der Waals surface area contributed by atoms with E-state index in [0.29, 0.717) is 16.5 Å². The monoisotopic (exact) mass is 293 g/mol. The molecule has 1 unspecified atom stereocenters. The van der Waals surface area contributed by atoms with E-state index in [1.165, 1.54) is 37.7 Å². The molecule has 0 aromatic heterocycles. The molecule has 1 atom stereocenters. The number of phenolic OH excluding ortho intramolecular Hbond substituents is 1. The molecule has 0 amide bonds. The van der Waals surface area contributed by atoms with Crippen molar-refractivity contribution in [1.29, 1.82) is 0 Å². The Kier molecular flexibility index (Phi) is 5.79. The molecule has 1 saturated carbocycles. The van der Waals surface area contributed by atoms with Gasteiger partial charge in [0.15, 0.2) is 0 Å². The molecule has 0 heterocycles. The highest BCUT2D eigenvalue weighted by molar-refractivity contribution is 8.00. The third-order valence-electron chi connectivity index (χ3n) is 4.57. The summed E-state index contributed by atoms with van der Waals surface area (Å²) in [5.74, 6) is 0.344.